The summed E-state index contributed by atoms with van der Waals surface area (Å²) in [4.78, 5) is 22.1. The molecule has 0 aliphatic rings. The summed E-state index contributed by atoms with van der Waals surface area (Å²) >= 11 is 3.14. The normalized spacial score (nSPS) is 12.8. The van der Waals surface area contributed by atoms with Crippen LogP contribution in [-0.2, 0) is 9.53 Å². The monoisotopic (exact) mass is 294 g/mol. The lowest BCUT2D eigenvalue weighted by atomic mass is 10.2. The highest BCUT2D eigenvalue weighted by atomic mass is 79.9. The molecule has 0 aliphatic carbocycles. The van der Waals surface area contributed by atoms with Crippen molar-refractivity contribution in [1.29, 1.82) is 0 Å². The number of hydrogen-bond acceptors (Lipinski definition) is 3. The smallest absolute Gasteiger partial charge is 0.407 e. The maximum absolute atomic E-state index is 11.2. The molecule has 6 heteroatoms. The van der Waals surface area contributed by atoms with E-state index in [0.717, 1.165) is 0 Å². The molecule has 94 valence electrons. The molecule has 0 heterocycles. The number of carbonyl (C=O) groups excluding carboxylic acids is 2. The zero-order chi connectivity index (χ0) is 12.8. The molecule has 0 aliphatic heterocycles. The van der Waals surface area contributed by atoms with Crippen molar-refractivity contribution in [3.63, 3.8) is 0 Å². The summed E-state index contributed by atoms with van der Waals surface area (Å²) in [6.45, 7) is 7.84. The van der Waals surface area contributed by atoms with E-state index in [9.17, 15) is 9.59 Å². The minimum atomic E-state index is -0.502. The Kier molecular flexibility index (Phi) is 6.40. The van der Waals surface area contributed by atoms with Gasteiger partial charge in [0.25, 0.3) is 0 Å². The SMILES string of the molecule is CC(Br)C(=O)NCCNC(=O)OC(C)(C)C. The first kappa shape index (κ1) is 15.2. The maximum atomic E-state index is 11.2. The molecule has 0 saturated heterocycles. The minimum absolute atomic E-state index is 0.106. The third-order valence-electron chi connectivity index (χ3n) is 1.45. The first-order valence-corrected chi connectivity index (χ1v) is 6.02. The van der Waals surface area contributed by atoms with Gasteiger partial charge in [0.15, 0.2) is 0 Å². The van der Waals surface area contributed by atoms with Crippen LogP contribution in [0.15, 0.2) is 0 Å². The lowest BCUT2D eigenvalue weighted by molar-refractivity contribution is -0.120. The third kappa shape index (κ3) is 8.52. The van der Waals surface area contributed by atoms with Crippen molar-refractivity contribution in [3.8, 4) is 0 Å². The Bertz CT molecular complexity index is 249. The van der Waals surface area contributed by atoms with Gasteiger partial charge < -0.3 is 15.4 Å². The van der Waals surface area contributed by atoms with Crippen LogP contribution in [0.3, 0.4) is 0 Å². The van der Waals surface area contributed by atoms with Crippen molar-refractivity contribution in [2.75, 3.05) is 13.1 Å². The summed E-state index contributed by atoms with van der Waals surface area (Å²) < 4.78 is 5.02. The molecule has 0 saturated carbocycles. The zero-order valence-corrected chi connectivity index (χ0v) is 11.7. The van der Waals surface area contributed by atoms with E-state index in [2.05, 4.69) is 26.6 Å². The van der Waals surface area contributed by atoms with Crippen LogP contribution in [-0.4, -0.2) is 35.5 Å². The average Bonchev–Trinajstić information content (AvgIpc) is 2.08. The molecule has 0 fully saturated rings. The van der Waals surface area contributed by atoms with Crippen molar-refractivity contribution >= 4 is 27.9 Å². The number of amides is 2. The zero-order valence-electron chi connectivity index (χ0n) is 10.1. The molecule has 0 bridgehead atoms. The van der Waals surface area contributed by atoms with Crippen LogP contribution in [0.2, 0.25) is 0 Å². The fourth-order valence-corrected chi connectivity index (χ4v) is 0.967. The van der Waals surface area contributed by atoms with E-state index >= 15 is 0 Å². The molecule has 2 amide bonds. The molecule has 0 spiro atoms. The minimum Gasteiger partial charge on any atom is -0.444 e. The lowest BCUT2D eigenvalue weighted by Gasteiger charge is -2.19. The van der Waals surface area contributed by atoms with Crippen LogP contribution in [0.4, 0.5) is 4.79 Å². The summed E-state index contributed by atoms with van der Waals surface area (Å²) in [5.41, 5.74) is -0.502. The number of halogens is 1. The van der Waals surface area contributed by atoms with Gasteiger partial charge in [-0.1, -0.05) is 15.9 Å². The maximum Gasteiger partial charge on any atom is 0.407 e. The third-order valence-corrected chi connectivity index (χ3v) is 1.87. The van der Waals surface area contributed by atoms with E-state index in [0.29, 0.717) is 13.1 Å². The second kappa shape index (κ2) is 6.73. The molecule has 16 heavy (non-hydrogen) atoms. The van der Waals surface area contributed by atoms with Crippen molar-refractivity contribution in [3.05, 3.63) is 0 Å². The predicted molar refractivity (Wildman–Crippen MR) is 65.6 cm³/mol. The molecule has 0 aromatic carbocycles. The second-order valence-electron chi connectivity index (χ2n) is 4.34. The van der Waals surface area contributed by atoms with Crippen molar-refractivity contribution in [1.82, 2.24) is 10.6 Å². The Balaban J connectivity index is 3.60. The number of rotatable bonds is 4. The molecule has 0 radical (unpaired) electrons. The van der Waals surface area contributed by atoms with Gasteiger partial charge in [0, 0.05) is 13.1 Å². The van der Waals surface area contributed by atoms with E-state index in [-0.39, 0.29) is 10.7 Å². The summed E-state index contributed by atoms with van der Waals surface area (Å²) in [5.74, 6) is -0.106. The van der Waals surface area contributed by atoms with Gasteiger partial charge in [-0.25, -0.2) is 4.79 Å². The largest absolute Gasteiger partial charge is 0.444 e. The summed E-state index contributed by atoms with van der Waals surface area (Å²) in [6, 6.07) is 0. The molecule has 1 atom stereocenters. The number of ether oxygens (including phenoxy) is 1. The Hall–Kier alpha value is -0.780. The molecule has 2 N–H and O–H groups in total. The van der Waals surface area contributed by atoms with Gasteiger partial charge >= 0.3 is 6.09 Å². The lowest BCUT2D eigenvalue weighted by Crippen LogP contribution is -2.39. The number of hydrogen-bond donors (Lipinski definition) is 2. The van der Waals surface area contributed by atoms with Crippen molar-refractivity contribution in [2.24, 2.45) is 0 Å². The van der Waals surface area contributed by atoms with Gasteiger partial charge in [0.05, 0.1) is 4.83 Å². The summed E-state index contributed by atoms with van der Waals surface area (Å²) in [7, 11) is 0. The van der Waals surface area contributed by atoms with Crippen molar-refractivity contribution in [2.45, 2.75) is 38.1 Å². The van der Waals surface area contributed by atoms with Crippen LogP contribution in [0, 0.1) is 0 Å². The Morgan fingerprint density at radius 3 is 2.19 bits per heavy atom. The fraction of sp³-hybridized carbons (Fsp3) is 0.800. The first-order chi connectivity index (χ1) is 7.22. The quantitative estimate of drug-likeness (QED) is 0.609. The van der Waals surface area contributed by atoms with Gasteiger partial charge in [-0.05, 0) is 27.7 Å². The van der Waals surface area contributed by atoms with Crippen LogP contribution < -0.4 is 10.6 Å². The highest BCUT2D eigenvalue weighted by molar-refractivity contribution is 9.10. The van der Waals surface area contributed by atoms with Gasteiger partial charge in [-0.3, -0.25) is 4.79 Å². The summed E-state index contributed by atoms with van der Waals surface area (Å²) in [5, 5.41) is 5.19. The molecule has 0 rings (SSSR count). The van der Waals surface area contributed by atoms with Gasteiger partial charge in [0.1, 0.15) is 5.60 Å². The average molecular weight is 295 g/mol. The fourth-order valence-electron chi connectivity index (χ4n) is 0.805. The number of alkyl halides is 1. The second-order valence-corrected chi connectivity index (χ2v) is 5.71. The molecule has 5 nitrogen and oxygen atoms in total. The Morgan fingerprint density at radius 1 is 1.25 bits per heavy atom. The van der Waals surface area contributed by atoms with Crippen LogP contribution >= 0.6 is 15.9 Å². The van der Waals surface area contributed by atoms with Crippen LogP contribution in [0.5, 0.6) is 0 Å². The number of alkyl carbamates (subject to hydrolysis) is 1. The van der Waals surface area contributed by atoms with E-state index in [1.165, 1.54) is 0 Å². The van der Waals surface area contributed by atoms with E-state index in [1.54, 1.807) is 27.7 Å². The van der Waals surface area contributed by atoms with Crippen molar-refractivity contribution < 1.29 is 14.3 Å². The van der Waals surface area contributed by atoms with E-state index in [1.807, 2.05) is 0 Å². The molecular weight excluding hydrogens is 276 g/mol. The Labute approximate surface area is 104 Å². The number of carbonyl (C=O) groups is 2. The highest BCUT2D eigenvalue weighted by Gasteiger charge is 2.15. The van der Waals surface area contributed by atoms with Gasteiger partial charge in [0.2, 0.25) is 5.91 Å². The van der Waals surface area contributed by atoms with Crippen LogP contribution in [0.1, 0.15) is 27.7 Å². The van der Waals surface area contributed by atoms with E-state index in [4.69, 9.17) is 4.74 Å². The topological polar surface area (TPSA) is 67.4 Å². The predicted octanol–water partition coefficient (Wildman–Crippen LogP) is 1.41. The van der Waals surface area contributed by atoms with Gasteiger partial charge in [-0.2, -0.15) is 0 Å². The molecule has 0 aromatic rings. The first-order valence-electron chi connectivity index (χ1n) is 5.11. The standard InChI is InChI=1S/C10H19BrN2O3/c1-7(11)8(14)12-5-6-13-9(15)16-10(2,3)4/h7H,5-6H2,1-4H3,(H,12,14)(H,13,15). The van der Waals surface area contributed by atoms with E-state index < -0.39 is 11.7 Å². The highest BCUT2D eigenvalue weighted by Crippen LogP contribution is 2.05. The van der Waals surface area contributed by atoms with Gasteiger partial charge in [-0.15, -0.1) is 0 Å². The number of nitrogens with one attached hydrogen (secondary N) is 2. The summed E-state index contributed by atoms with van der Waals surface area (Å²) in [6.07, 6.45) is -0.478. The molecule has 0 aromatic heterocycles. The van der Waals surface area contributed by atoms with Crippen LogP contribution in [0.25, 0.3) is 0 Å². The Morgan fingerprint density at radius 2 is 1.75 bits per heavy atom. The molecule has 1 unspecified atom stereocenters. The molecular formula is C10H19BrN2O3.